The lowest BCUT2D eigenvalue weighted by molar-refractivity contribution is 0.224. The zero-order chi connectivity index (χ0) is 12.1. The van der Waals surface area contributed by atoms with Crippen molar-refractivity contribution in [3.8, 4) is 12.0 Å². The van der Waals surface area contributed by atoms with Crippen LogP contribution in [0.3, 0.4) is 0 Å². The van der Waals surface area contributed by atoms with Gasteiger partial charge in [0.05, 0.1) is 6.61 Å². The van der Waals surface area contributed by atoms with Crippen molar-refractivity contribution >= 4 is 5.95 Å². The maximum Gasteiger partial charge on any atom is 0.323 e. The SMILES string of the molecule is Nc1nc(OCCCO)nc(-n2cccn2)n1. The van der Waals surface area contributed by atoms with Crippen molar-refractivity contribution in [1.29, 1.82) is 0 Å². The number of ether oxygens (including phenoxy) is 1. The number of hydrogen-bond donors (Lipinski definition) is 2. The average Bonchev–Trinajstić information content (AvgIpc) is 2.82. The van der Waals surface area contributed by atoms with Gasteiger partial charge in [-0.05, 0) is 6.07 Å². The first-order valence-electron chi connectivity index (χ1n) is 5.05. The Hall–Kier alpha value is -2.22. The molecule has 0 bridgehead atoms. The minimum atomic E-state index is 0.0482. The van der Waals surface area contributed by atoms with Crippen LogP contribution < -0.4 is 10.5 Å². The van der Waals surface area contributed by atoms with Crippen LogP contribution in [0.15, 0.2) is 18.5 Å². The summed E-state index contributed by atoms with van der Waals surface area (Å²) in [4.78, 5) is 11.8. The Morgan fingerprint density at radius 2 is 2.24 bits per heavy atom. The van der Waals surface area contributed by atoms with Crippen LogP contribution in [-0.2, 0) is 0 Å². The second kappa shape index (κ2) is 5.21. The van der Waals surface area contributed by atoms with Gasteiger partial charge in [0.15, 0.2) is 0 Å². The lowest BCUT2D eigenvalue weighted by Crippen LogP contribution is -2.10. The van der Waals surface area contributed by atoms with Crippen LogP contribution in [0.25, 0.3) is 5.95 Å². The fourth-order valence-corrected chi connectivity index (χ4v) is 1.14. The van der Waals surface area contributed by atoms with Crippen molar-refractivity contribution in [3.63, 3.8) is 0 Å². The van der Waals surface area contributed by atoms with Gasteiger partial charge in [-0.25, -0.2) is 4.68 Å². The first-order valence-corrected chi connectivity index (χ1v) is 5.05. The van der Waals surface area contributed by atoms with E-state index >= 15 is 0 Å². The Morgan fingerprint density at radius 1 is 1.35 bits per heavy atom. The average molecular weight is 236 g/mol. The van der Waals surface area contributed by atoms with Gasteiger partial charge in [0.1, 0.15) is 0 Å². The molecule has 0 saturated heterocycles. The van der Waals surface area contributed by atoms with Crippen LogP contribution >= 0.6 is 0 Å². The number of rotatable bonds is 5. The molecule has 17 heavy (non-hydrogen) atoms. The standard InChI is InChI=1S/C9H12N6O2/c10-7-12-8(15-4-1-3-11-15)14-9(13-7)17-6-2-5-16/h1,3-4,16H,2,5-6H2,(H2,10,12,13,14). The zero-order valence-corrected chi connectivity index (χ0v) is 9.02. The fraction of sp³-hybridized carbons (Fsp3) is 0.333. The summed E-state index contributed by atoms with van der Waals surface area (Å²) in [7, 11) is 0. The molecule has 2 rings (SSSR count). The highest BCUT2D eigenvalue weighted by molar-refractivity contribution is 5.24. The monoisotopic (exact) mass is 236 g/mol. The molecule has 90 valence electrons. The van der Waals surface area contributed by atoms with Crippen molar-refractivity contribution < 1.29 is 9.84 Å². The minimum Gasteiger partial charge on any atom is -0.463 e. The maximum absolute atomic E-state index is 8.63. The lowest BCUT2D eigenvalue weighted by Gasteiger charge is -2.05. The molecule has 0 atom stereocenters. The van der Waals surface area contributed by atoms with Crippen molar-refractivity contribution in [1.82, 2.24) is 24.7 Å². The first kappa shape index (κ1) is 11.3. The Balaban J connectivity index is 2.18. The number of nitrogen functional groups attached to an aromatic ring is 1. The molecule has 8 nitrogen and oxygen atoms in total. The molecule has 3 N–H and O–H groups in total. The molecule has 0 spiro atoms. The summed E-state index contributed by atoms with van der Waals surface area (Å²) < 4.78 is 6.68. The van der Waals surface area contributed by atoms with Gasteiger partial charge >= 0.3 is 6.01 Å². The molecule has 0 saturated carbocycles. The highest BCUT2D eigenvalue weighted by atomic mass is 16.5. The summed E-state index contributed by atoms with van der Waals surface area (Å²) in [6.07, 6.45) is 3.79. The fourth-order valence-electron chi connectivity index (χ4n) is 1.14. The van der Waals surface area contributed by atoms with E-state index in [4.69, 9.17) is 15.6 Å². The number of anilines is 1. The van der Waals surface area contributed by atoms with Gasteiger partial charge in [0.25, 0.3) is 5.95 Å². The summed E-state index contributed by atoms with van der Waals surface area (Å²) in [5.41, 5.74) is 5.54. The van der Waals surface area contributed by atoms with E-state index in [-0.39, 0.29) is 18.6 Å². The van der Waals surface area contributed by atoms with Crippen LogP contribution in [0.4, 0.5) is 5.95 Å². The largest absolute Gasteiger partial charge is 0.463 e. The second-order valence-corrected chi connectivity index (χ2v) is 3.15. The van der Waals surface area contributed by atoms with E-state index in [9.17, 15) is 0 Å². The summed E-state index contributed by atoms with van der Waals surface area (Å²) in [5, 5.41) is 12.6. The summed E-state index contributed by atoms with van der Waals surface area (Å²) in [6.45, 7) is 0.366. The van der Waals surface area contributed by atoms with Gasteiger partial charge in [0, 0.05) is 25.4 Å². The predicted molar refractivity (Wildman–Crippen MR) is 58.6 cm³/mol. The Bertz CT molecular complexity index is 472. The second-order valence-electron chi connectivity index (χ2n) is 3.15. The van der Waals surface area contributed by atoms with Crippen LogP contribution in [0.5, 0.6) is 6.01 Å². The Kier molecular flexibility index (Phi) is 3.46. The molecule has 0 aliphatic carbocycles. The number of nitrogens with zero attached hydrogens (tertiary/aromatic N) is 5. The van der Waals surface area contributed by atoms with E-state index in [0.29, 0.717) is 19.0 Å². The van der Waals surface area contributed by atoms with Crippen LogP contribution in [0, 0.1) is 0 Å². The third-order valence-electron chi connectivity index (χ3n) is 1.86. The van der Waals surface area contributed by atoms with Gasteiger partial charge in [0.2, 0.25) is 5.95 Å². The van der Waals surface area contributed by atoms with Crippen molar-refractivity contribution in [2.24, 2.45) is 0 Å². The smallest absolute Gasteiger partial charge is 0.323 e. The molecule has 2 aromatic rings. The zero-order valence-electron chi connectivity index (χ0n) is 9.02. The van der Waals surface area contributed by atoms with E-state index in [1.807, 2.05) is 0 Å². The molecule has 2 aromatic heterocycles. The molecule has 0 unspecified atom stereocenters. The Labute approximate surface area is 97.1 Å². The first-order chi connectivity index (χ1) is 8.29. The minimum absolute atomic E-state index is 0.0482. The van der Waals surface area contributed by atoms with Gasteiger partial charge in [-0.3, -0.25) is 0 Å². The molecule has 0 aliphatic heterocycles. The third kappa shape index (κ3) is 2.88. The van der Waals surface area contributed by atoms with Crippen molar-refractivity contribution in [2.45, 2.75) is 6.42 Å². The molecule has 8 heteroatoms. The summed E-state index contributed by atoms with van der Waals surface area (Å²) in [6, 6.07) is 1.86. The van der Waals surface area contributed by atoms with Gasteiger partial charge in [-0.15, -0.1) is 0 Å². The topological polar surface area (TPSA) is 112 Å². The van der Waals surface area contributed by atoms with Crippen LogP contribution in [0.1, 0.15) is 6.42 Å². The highest BCUT2D eigenvalue weighted by Crippen LogP contribution is 2.08. The van der Waals surface area contributed by atoms with E-state index in [0.717, 1.165) is 0 Å². The van der Waals surface area contributed by atoms with Gasteiger partial charge in [-0.2, -0.15) is 20.1 Å². The molecule has 0 aromatic carbocycles. The van der Waals surface area contributed by atoms with Crippen molar-refractivity contribution in [2.75, 3.05) is 18.9 Å². The molecule has 0 fully saturated rings. The van der Waals surface area contributed by atoms with Gasteiger partial charge in [-0.1, -0.05) is 0 Å². The number of aliphatic hydroxyl groups is 1. The van der Waals surface area contributed by atoms with Gasteiger partial charge < -0.3 is 15.6 Å². The number of hydrogen-bond acceptors (Lipinski definition) is 7. The van der Waals surface area contributed by atoms with Crippen LogP contribution in [-0.4, -0.2) is 43.1 Å². The molecule has 0 radical (unpaired) electrons. The summed E-state index contributed by atoms with van der Waals surface area (Å²) in [5.74, 6) is 0.353. The number of aromatic nitrogens is 5. The Morgan fingerprint density at radius 3 is 2.94 bits per heavy atom. The molecule has 2 heterocycles. The quantitative estimate of drug-likeness (QED) is 0.666. The molecule has 0 amide bonds. The number of nitrogens with two attached hydrogens (primary N) is 1. The normalized spacial score (nSPS) is 10.4. The van der Waals surface area contributed by atoms with E-state index in [1.165, 1.54) is 4.68 Å². The van der Waals surface area contributed by atoms with Crippen molar-refractivity contribution in [3.05, 3.63) is 18.5 Å². The van der Waals surface area contributed by atoms with E-state index in [1.54, 1.807) is 18.5 Å². The predicted octanol–water partition coefficient (Wildman–Crippen LogP) is -0.599. The molecule has 0 aliphatic rings. The highest BCUT2D eigenvalue weighted by Gasteiger charge is 2.07. The van der Waals surface area contributed by atoms with Crippen LogP contribution in [0.2, 0.25) is 0 Å². The van der Waals surface area contributed by atoms with E-state index in [2.05, 4.69) is 20.1 Å². The molecular weight excluding hydrogens is 224 g/mol. The maximum atomic E-state index is 8.63. The van der Waals surface area contributed by atoms with E-state index < -0.39 is 0 Å². The molecular formula is C9H12N6O2. The lowest BCUT2D eigenvalue weighted by atomic mass is 10.5. The third-order valence-corrected chi connectivity index (χ3v) is 1.86. The number of aliphatic hydroxyl groups excluding tert-OH is 1. The summed E-state index contributed by atoms with van der Waals surface area (Å²) >= 11 is 0.